The first kappa shape index (κ1) is 7.35. The number of nitrogens with zero attached hydrogens (tertiary/aromatic N) is 1. The first-order valence-corrected chi connectivity index (χ1v) is 4.21. The van der Waals surface area contributed by atoms with Gasteiger partial charge < -0.3 is 5.73 Å². The summed E-state index contributed by atoms with van der Waals surface area (Å²) in [5.41, 5.74) is 6.87. The highest BCUT2D eigenvalue weighted by Gasteiger charge is 1.98. The molecule has 0 saturated carbocycles. The number of rotatable bonds is 0. The van der Waals surface area contributed by atoms with Crippen LogP contribution in [0.5, 0.6) is 0 Å². The molecule has 12 heavy (non-hydrogen) atoms. The fourth-order valence-corrected chi connectivity index (χ4v) is 1.60. The van der Waals surface area contributed by atoms with E-state index in [9.17, 15) is 0 Å². The molecule has 0 spiro atoms. The second-order valence-corrected chi connectivity index (χ2v) is 3.15. The first-order valence-electron chi connectivity index (χ1n) is 4.21. The van der Waals surface area contributed by atoms with Crippen molar-refractivity contribution >= 4 is 18.0 Å². The van der Waals surface area contributed by atoms with Crippen molar-refractivity contribution in [3.05, 3.63) is 22.2 Å². The Morgan fingerprint density at radius 2 is 2.08 bits per heavy atom. The number of aromatic nitrogens is 1. The van der Waals surface area contributed by atoms with Gasteiger partial charge in [-0.15, -0.1) is 0 Å². The van der Waals surface area contributed by atoms with Crippen molar-refractivity contribution in [2.75, 3.05) is 5.73 Å². The van der Waals surface area contributed by atoms with Crippen molar-refractivity contribution < 1.29 is 0 Å². The molecule has 2 N–H and O–H groups in total. The third-order valence-corrected chi connectivity index (χ3v) is 2.17. The zero-order chi connectivity index (χ0) is 8.55. The lowest BCUT2D eigenvalue weighted by Gasteiger charge is -2.03. The Labute approximate surface area is 71.4 Å². The van der Waals surface area contributed by atoms with Crippen molar-refractivity contribution in [2.45, 2.75) is 19.8 Å². The van der Waals surface area contributed by atoms with Crippen molar-refractivity contribution in [2.24, 2.45) is 0 Å². The standard InChI is InChI=1S/C10H12N2/c1-7-6-10(11)12-9-5-3-2-4-8(7)9/h4-6H,2-3H2,1H3,(H2,11,12). The van der Waals surface area contributed by atoms with E-state index in [1.54, 1.807) is 0 Å². The summed E-state index contributed by atoms with van der Waals surface area (Å²) in [6, 6.07) is 1.93. The molecule has 1 aliphatic rings. The molecule has 0 amide bonds. The highest BCUT2D eigenvalue weighted by molar-refractivity contribution is 5.43. The van der Waals surface area contributed by atoms with E-state index in [4.69, 9.17) is 5.73 Å². The summed E-state index contributed by atoms with van der Waals surface area (Å²) in [7, 11) is 0. The number of nitrogen functional groups attached to an aromatic ring is 1. The summed E-state index contributed by atoms with van der Waals surface area (Å²) in [4.78, 5) is 4.27. The van der Waals surface area contributed by atoms with Crippen molar-refractivity contribution in [1.29, 1.82) is 0 Å². The zero-order valence-electron chi connectivity index (χ0n) is 7.17. The normalized spacial score (nSPS) is 14.4. The minimum Gasteiger partial charge on any atom is -0.384 e. The molecule has 0 unspecified atom stereocenters. The molecule has 1 aromatic heterocycles. The Balaban J connectivity index is 2.87. The largest absolute Gasteiger partial charge is 0.384 e. The van der Waals surface area contributed by atoms with Crippen molar-refractivity contribution in [3.8, 4) is 0 Å². The van der Waals surface area contributed by atoms with Crippen LogP contribution in [0.1, 0.15) is 18.4 Å². The molecule has 1 aliphatic carbocycles. The van der Waals surface area contributed by atoms with E-state index in [1.807, 2.05) is 6.07 Å². The molecule has 0 aliphatic heterocycles. The second-order valence-electron chi connectivity index (χ2n) is 3.15. The Bertz CT molecular complexity index is 418. The van der Waals surface area contributed by atoms with E-state index < -0.39 is 0 Å². The van der Waals surface area contributed by atoms with Crippen LogP contribution in [0.4, 0.5) is 5.82 Å². The van der Waals surface area contributed by atoms with Crippen LogP contribution in [0.15, 0.2) is 6.07 Å². The molecule has 0 radical (unpaired) electrons. The third kappa shape index (κ3) is 1.09. The van der Waals surface area contributed by atoms with Gasteiger partial charge in [-0.05, 0) is 36.6 Å². The van der Waals surface area contributed by atoms with Crippen LogP contribution in [0.2, 0.25) is 0 Å². The van der Waals surface area contributed by atoms with E-state index in [2.05, 4.69) is 24.1 Å². The number of hydrogen-bond donors (Lipinski definition) is 1. The fraction of sp³-hybridized carbons (Fsp3) is 0.300. The Morgan fingerprint density at radius 1 is 1.33 bits per heavy atom. The SMILES string of the molecule is Cc1cc(N)nc2c1=CCCC=2. The van der Waals surface area contributed by atoms with Crippen LogP contribution in [-0.4, -0.2) is 4.98 Å². The van der Waals surface area contributed by atoms with Gasteiger partial charge in [0.25, 0.3) is 0 Å². The summed E-state index contributed by atoms with van der Waals surface area (Å²) in [5, 5.41) is 2.31. The molecule has 1 aromatic rings. The molecule has 62 valence electrons. The monoisotopic (exact) mass is 160 g/mol. The maximum absolute atomic E-state index is 5.64. The molecule has 0 aromatic carbocycles. The Morgan fingerprint density at radius 3 is 2.92 bits per heavy atom. The van der Waals surface area contributed by atoms with E-state index in [1.165, 1.54) is 10.8 Å². The lowest BCUT2D eigenvalue weighted by Crippen LogP contribution is -2.33. The fourth-order valence-electron chi connectivity index (χ4n) is 1.60. The smallest absolute Gasteiger partial charge is 0.124 e. The second kappa shape index (κ2) is 2.63. The maximum atomic E-state index is 5.64. The van der Waals surface area contributed by atoms with Gasteiger partial charge in [-0.25, -0.2) is 4.98 Å². The van der Waals surface area contributed by atoms with Gasteiger partial charge in [0.15, 0.2) is 0 Å². The van der Waals surface area contributed by atoms with Crippen LogP contribution in [0.3, 0.4) is 0 Å². The quantitative estimate of drug-likeness (QED) is 0.594. The van der Waals surface area contributed by atoms with Crippen LogP contribution >= 0.6 is 0 Å². The predicted molar refractivity (Wildman–Crippen MR) is 50.8 cm³/mol. The topological polar surface area (TPSA) is 38.9 Å². The van der Waals surface area contributed by atoms with Gasteiger partial charge >= 0.3 is 0 Å². The summed E-state index contributed by atoms with van der Waals surface area (Å²) in [6.07, 6.45) is 6.60. The average Bonchev–Trinajstić information content (AvgIpc) is 2.04. The Hall–Kier alpha value is -1.31. The number of anilines is 1. The van der Waals surface area contributed by atoms with Gasteiger partial charge in [0.2, 0.25) is 0 Å². The van der Waals surface area contributed by atoms with Crippen LogP contribution in [0.25, 0.3) is 12.2 Å². The lowest BCUT2D eigenvalue weighted by atomic mass is 10.1. The number of nitrogens with two attached hydrogens (primary N) is 1. The molecule has 0 fully saturated rings. The lowest BCUT2D eigenvalue weighted by molar-refractivity contribution is 1.07. The maximum Gasteiger partial charge on any atom is 0.124 e. The van der Waals surface area contributed by atoms with Crippen molar-refractivity contribution in [3.63, 3.8) is 0 Å². The molecule has 0 atom stereocenters. The molecular formula is C10H12N2. The van der Waals surface area contributed by atoms with E-state index in [0.717, 1.165) is 18.2 Å². The minimum atomic E-state index is 0.623. The first-order chi connectivity index (χ1) is 5.77. The van der Waals surface area contributed by atoms with Gasteiger partial charge in [-0.1, -0.05) is 12.2 Å². The molecular weight excluding hydrogens is 148 g/mol. The number of pyridine rings is 1. The minimum absolute atomic E-state index is 0.623. The van der Waals surface area contributed by atoms with Crippen molar-refractivity contribution in [1.82, 2.24) is 4.98 Å². The van der Waals surface area contributed by atoms with Gasteiger partial charge in [0.1, 0.15) is 5.82 Å². The van der Waals surface area contributed by atoms with Crippen LogP contribution in [-0.2, 0) is 0 Å². The average molecular weight is 160 g/mol. The van der Waals surface area contributed by atoms with Gasteiger partial charge in [-0.2, -0.15) is 0 Å². The molecule has 2 rings (SSSR count). The van der Waals surface area contributed by atoms with Crippen LogP contribution in [0, 0.1) is 6.92 Å². The summed E-state index contributed by atoms with van der Waals surface area (Å²) < 4.78 is 0. The molecule has 1 heterocycles. The highest BCUT2D eigenvalue weighted by Crippen LogP contribution is 1.98. The zero-order valence-corrected chi connectivity index (χ0v) is 7.17. The summed E-state index contributed by atoms with van der Waals surface area (Å²) in [6.45, 7) is 2.08. The number of aryl methyl sites for hydroxylation is 1. The molecule has 2 nitrogen and oxygen atoms in total. The van der Waals surface area contributed by atoms with Crippen LogP contribution < -0.4 is 16.3 Å². The van der Waals surface area contributed by atoms with Gasteiger partial charge in [0, 0.05) is 0 Å². The summed E-state index contributed by atoms with van der Waals surface area (Å²) >= 11 is 0. The Kier molecular flexibility index (Phi) is 1.61. The third-order valence-electron chi connectivity index (χ3n) is 2.17. The van der Waals surface area contributed by atoms with Gasteiger partial charge in [-0.3, -0.25) is 0 Å². The van der Waals surface area contributed by atoms with E-state index >= 15 is 0 Å². The van der Waals surface area contributed by atoms with E-state index in [-0.39, 0.29) is 0 Å². The summed E-state index contributed by atoms with van der Waals surface area (Å²) in [5.74, 6) is 0.623. The molecule has 0 saturated heterocycles. The molecule has 2 heteroatoms. The molecule has 0 bridgehead atoms. The van der Waals surface area contributed by atoms with E-state index in [0.29, 0.717) is 5.82 Å². The van der Waals surface area contributed by atoms with Gasteiger partial charge in [0.05, 0.1) is 5.35 Å². The highest BCUT2D eigenvalue weighted by atomic mass is 14.8. The number of hydrogen-bond acceptors (Lipinski definition) is 2. The number of fused-ring (bicyclic) bond motifs is 1. The predicted octanol–water partition coefficient (Wildman–Crippen LogP) is 0.327.